The molecule has 2 aliphatic carbocycles. The van der Waals surface area contributed by atoms with Gasteiger partial charge in [-0.3, -0.25) is 4.79 Å². The van der Waals surface area contributed by atoms with Gasteiger partial charge in [0.1, 0.15) is 5.82 Å². The van der Waals surface area contributed by atoms with E-state index in [1.807, 2.05) is 13.8 Å². The summed E-state index contributed by atoms with van der Waals surface area (Å²) in [5.74, 6) is -1.57. The van der Waals surface area contributed by atoms with Crippen LogP contribution in [-0.2, 0) is 0 Å². The summed E-state index contributed by atoms with van der Waals surface area (Å²) in [5, 5.41) is 0. The van der Waals surface area contributed by atoms with Crippen LogP contribution >= 0.6 is 0 Å². The molecular weight excluding hydrogens is 215 g/mol. The van der Waals surface area contributed by atoms with Crippen molar-refractivity contribution in [3.63, 3.8) is 0 Å². The summed E-state index contributed by atoms with van der Waals surface area (Å²) in [6.07, 6.45) is 2.64. The van der Waals surface area contributed by atoms with Crippen molar-refractivity contribution in [2.24, 2.45) is 11.3 Å². The SMILES string of the molecule is [2H][C@]12c3cc(F)ccc3C(=O)[C@H]1CCCC2(C)C. The van der Waals surface area contributed by atoms with E-state index < -0.39 is 5.89 Å². The molecule has 1 saturated carbocycles. The van der Waals surface area contributed by atoms with Gasteiger partial charge in [0.05, 0.1) is 0 Å². The molecule has 0 aliphatic heterocycles. The van der Waals surface area contributed by atoms with Crippen LogP contribution in [0.4, 0.5) is 4.39 Å². The van der Waals surface area contributed by atoms with Crippen molar-refractivity contribution in [1.29, 1.82) is 0 Å². The number of rotatable bonds is 0. The molecule has 2 atom stereocenters. The molecule has 17 heavy (non-hydrogen) atoms. The summed E-state index contributed by atoms with van der Waals surface area (Å²) in [6, 6.07) is 4.27. The summed E-state index contributed by atoms with van der Waals surface area (Å²) in [5.41, 5.74) is 0.874. The van der Waals surface area contributed by atoms with Gasteiger partial charge in [0.25, 0.3) is 0 Å². The molecule has 1 nitrogen and oxygen atoms in total. The number of halogens is 1. The fourth-order valence-corrected chi connectivity index (χ4v) is 3.46. The number of hydrogen-bond acceptors (Lipinski definition) is 1. The van der Waals surface area contributed by atoms with Crippen LogP contribution in [0.25, 0.3) is 0 Å². The molecule has 0 radical (unpaired) electrons. The van der Waals surface area contributed by atoms with Gasteiger partial charge in [-0.25, -0.2) is 4.39 Å². The third-order valence-corrected chi connectivity index (χ3v) is 4.23. The quantitative estimate of drug-likeness (QED) is 0.663. The van der Waals surface area contributed by atoms with Crippen LogP contribution in [0.5, 0.6) is 0 Å². The molecule has 0 bridgehead atoms. The zero-order valence-electron chi connectivity index (χ0n) is 11.2. The van der Waals surface area contributed by atoms with Gasteiger partial charge in [-0.15, -0.1) is 0 Å². The Kier molecular flexibility index (Phi) is 1.97. The molecule has 0 aromatic heterocycles. The summed E-state index contributed by atoms with van der Waals surface area (Å²) in [4.78, 5) is 12.4. The first-order chi connectivity index (χ1) is 8.38. The molecule has 1 aromatic rings. The van der Waals surface area contributed by atoms with E-state index >= 15 is 0 Å². The van der Waals surface area contributed by atoms with Crippen LogP contribution in [0.15, 0.2) is 18.2 Å². The highest BCUT2D eigenvalue weighted by atomic mass is 19.1. The fraction of sp³-hybridized carbons (Fsp3) is 0.533. The average Bonchev–Trinajstić information content (AvgIpc) is 2.52. The van der Waals surface area contributed by atoms with Gasteiger partial charge in [0, 0.05) is 12.9 Å². The van der Waals surface area contributed by atoms with Crippen molar-refractivity contribution in [3.8, 4) is 0 Å². The van der Waals surface area contributed by atoms with Gasteiger partial charge < -0.3 is 0 Å². The molecular formula is C15H17FO. The van der Waals surface area contributed by atoms with Crippen LogP contribution in [0.2, 0.25) is 0 Å². The second-order valence-electron chi connectivity index (χ2n) is 5.80. The Hall–Kier alpha value is -1.18. The minimum atomic E-state index is -0.959. The summed E-state index contributed by atoms with van der Waals surface area (Å²) in [6.45, 7) is 4.05. The highest BCUT2D eigenvalue weighted by Gasteiger charge is 2.49. The lowest BCUT2D eigenvalue weighted by Crippen LogP contribution is -2.32. The number of ketones is 1. The molecule has 1 aromatic carbocycles. The number of Topliss-reactive ketones (excluding diaryl/α,β-unsaturated/α-hetero) is 1. The molecule has 0 spiro atoms. The number of fused-ring (bicyclic) bond motifs is 3. The van der Waals surface area contributed by atoms with E-state index in [0.29, 0.717) is 11.1 Å². The van der Waals surface area contributed by atoms with Crippen LogP contribution in [0, 0.1) is 17.2 Å². The van der Waals surface area contributed by atoms with E-state index in [1.165, 1.54) is 12.1 Å². The first-order valence-corrected chi connectivity index (χ1v) is 6.22. The van der Waals surface area contributed by atoms with Gasteiger partial charge in [0.2, 0.25) is 0 Å². The minimum absolute atomic E-state index is 0.0350. The Morgan fingerprint density at radius 1 is 1.47 bits per heavy atom. The van der Waals surface area contributed by atoms with Crippen molar-refractivity contribution in [3.05, 3.63) is 35.1 Å². The largest absolute Gasteiger partial charge is 0.294 e. The maximum Gasteiger partial charge on any atom is 0.166 e. The van der Waals surface area contributed by atoms with Crippen molar-refractivity contribution in [1.82, 2.24) is 0 Å². The molecule has 0 N–H and O–H groups in total. The third-order valence-electron chi connectivity index (χ3n) is 4.23. The van der Waals surface area contributed by atoms with Gasteiger partial charge in [-0.1, -0.05) is 20.3 Å². The highest BCUT2D eigenvalue weighted by Crippen LogP contribution is 2.55. The van der Waals surface area contributed by atoms with Crippen molar-refractivity contribution in [2.45, 2.75) is 39.0 Å². The average molecular weight is 233 g/mol. The number of benzene rings is 1. The monoisotopic (exact) mass is 233 g/mol. The highest BCUT2D eigenvalue weighted by molar-refractivity contribution is 6.03. The van der Waals surface area contributed by atoms with Gasteiger partial charge in [-0.05, 0) is 47.9 Å². The fourth-order valence-electron chi connectivity index (χ4n) is 3.46. The molecule has 0 heterocycles. The van der Waals surface area contributed by atoms with Crippen LogP contribution in [0.1, 0.15) is 56.3 Å². The maximum atomic E-state index is 13.5. The topological polar surface area (TPSA) is 17.1 Å². The second kappa shape index (κ2) is 3.41. The number of hydrogen-bond donors (Lipinski definition) is 0. The van der Waals surface area contributed by atoms with Crippen LogP contribution < -0.4 is 0 Å². The number of carbonyl (C=O) groups excluding carboxylic acids is 1. The Bertz CT molecular complexity index is 537. The van der Waals surface area contributed by atoms with E-state index in [1.54, 1.807) is 6.07 Å². The Morgan fingerprint density at radius 2 is 2.24 bits per heavy atom. The molecule has 90 valence electrons. The first kappa shape index (κ1) is 9.81. The minimum Gasteiger partial charge on any atom is -0.294 e. The lowest BCUT2D eigenvalue weighted by Gasteiger charge is -2.40. The smallest absolute Gasteiger partial charge is 0.166 e. The third kappa shape index (κ3) is 1.46. The maximum absolute atomic E-state index is 13.5. The van der Waals surface area contributed by atoms with Crippen LogP contribution in [0.3, 0.4) is 0 Å². The second-order valence-corrected chi connectivity index (χ2v) is 5.80. The zero-order valence-corrected chi connectivity index (χ0v) is 10.2. The zero-order chi connectivity index (χ0) is 13.1. The molecule has 1 fully saturated rings. The Labute approximate surface area is 102 Å². The molecule has 0 amide bonds. The normalized spacial score (nSPS) is 35.1. The summed E-state index contributed by atoms with van der Waals surface area (Å²) < 4.78 is 22.3. The number of carbonyl (C=O) groups is 1. The lowest BCUT2D eigenvalue weighted by atomic mass is 9.63. The molecule has 3 rings (SSSR count). The van der Waals surface area contributed by atoms with E-state index in [2.05, 4.69) is 0 Å². The molecule has 0 saturated heterocycles. The lowest BCUT2D eigenvalue weighted by molar-refractivity contribution is 0.0794. The predicted octanol–water partition coefficient (Wildman–Crippen LogP) is 3.93. The standard InChI is InChI=1S/C15H17FO/c1-15(2)7-3-4-11-13(15)12-8-9(16)5-6-10(12)14(11)17/h5-6,8,11,13H,3-4,7H2,1-2H3/t11-,13+/m0/s1/i13D. The van der Waals surface area contributed by atoms with Crippen molar-refractivity contribution >= 4 is 5.78 Å². The molecule has 2 heteroatoms. The van der Waals surface area contributed by atoms with Crippen molar-refractivity contribution < 1.29 is 10.6 Å². The van der Waals surface area contributed by atoms with Gasteiger partial charge in [0.15, 0.2) is 5.78 Å². The van der Waals surface area contributed by atoms with Gasteiger partial charge in [-0.2, -0.15) is 0 Å². The van der Waals surface area contributed by atoms with Crippen LogP contribution in [-0.4, -0.2) is 5.78 Å². The van der Waals surface area contributed by atoms with E-state index in [0.717, 1.165) is 19.3 Å². The predicted molar refractivity (Wildman–Crippen MR) is 64.6 cm³/mol. The summed E-state index contributed by atoms with van der Waals surface area (Å²) >= 11 is 0. The van der Waals surface area contributed by atoms with E-state index in [-0.39, 0.29) is 22.9 Å². The van der Waals surface area contributed by atoms with E-state index in [4.69, 9.17) is 1.37 Å². The Balaban J connectivity index is 2.28. The first-order valence-electron chi connectivity index (χ1n) is 6.72. The molecule has 0 unspecified atom stereocenters. The Morgan fingerprint density at radius 3 is 3.00 bits per heavy atom. The van der Waals surface area contributed by atoms with Gasteiger partial charge >= 0.3 is 0 Å². The van der Waals surface area contributed by atoms with Crippen molar-refractivity contribution in [2.75, 3.05) is 0 Å². The van der Waals surface area contributed by atoms with E-state index in [9.17, 15) is 9.18 Å². The summed E-state index contributed by atoms with van der Waals surface area (Å²) in [7, 11) is 0. The molecule has 2 aliphatic rings.